The topological polar surface area (TPSA) is 95.0 Å². The number of hydrogen-bond donors (Lipinski definition) is 1. The Kier molecular flexibility index (Phi) is 6.79. The van der Waals surface area contributed by atoms with Crippen LogP contribution >= 0.6 is 47.8 Å². The van der Waals surface area contributed by atoms with E-state index in [1.54, 1.807) is 66.7 Å². The maximum absolute atomic E-state index is 14.1. The molecule has 0 spiro atoms. The number of phenols is 1. The highest BCUT2D eigenvalue weighted by Gasteiger charge is 2.62. The van der Waals surface area contributed by atoms with Crippen molar-refractivity contribution >= 4 is 82.8 Å². The SMILES string of the molecule is O=C1C2CC=C3C(CC4C(=O)N(c5ccc(Br)cc5)C(=O)C4C3c3cc(Br)ccc3O)C2C(=O)N1c1ccc(Br)cc1. The Balaban J connectivity index is 1.35. The van der Waals surface area contributed by atoms with Gasteiger partial charge >= 0.3 is 0 Å². The van der Waals surface area contributed by atoms with Gasteiger partial charge in [-0.3, -0.25) is 29.0 Å². The fourth-order valence-electron chi connectivity index (χ4n) is 7.40. The number of phenolic OH excluding ortho intramolecular Hbond substituents is 1. The lowest BCUT2D eigenvalue weighted by Crippen LogP contribution is -2.43. The van der Waals surface area contributed by atoms with Gasteiger partial charge in [0.1, 0.15) is 5.75 Å². The highest BCUT2D eigenvalue weighted by atomic mass is 79.9. The van der Waals surface area contributed by atoms with Gasteiger partial charge in [0.25, 0.3) is 0 Å². The number of carbonyl (C=O) groups is 4. The molecule has 10 heteroatoms. The predicted octanol–water partition coefficient (Wildman–Crippen LogP) is 6.72. The molecule has 2 aliphatic heterocycles. The molecule has 2 aliphatic carbocycles. The standard InChI is InChI=1S/C32H23Br3N2O5/c33-15-1-6-18(7-2-15)36-29(39)21-11-10-20-22(27(21)31(36)41)14-24-28(26(20)23-13-17(35)5-12-25(23)38)32(42)37(30(24)40)19-8-3-16(34)4-9-19/h1-10,12-13,21-22,24,26-28,38H,11,14H2. The Labute approximate surface area is 267 Å². The number of allylic oxidation sites excluding steroid dienone is 2. The first-order valence-electron chi connectivity index (χ1n) is 13.6. The third kappa shape index (κ3) is 4.17. The lowest BCUT2D eigenvalue weighted by Gasteiger charge is -2.44. The summed E-state index contributed by atoms with van der Waals surface area (Å²) in [6.45, 7) is 0. The molecule has 3 aromatic carbocycles. The number of carbonyl (C=O) groups excluding carboxylic acids is 4. The summed E-state index contributed by atoms with van der Waals surface area (Å²) < 4.78 is 2.38. The number of benzene rings is 3. The summed E-state index contributed by atoms with van der Waals surface area (Å²) in [5.74, 6) is -4.94. The molecule has 7 nitrogen and oxygen atoms in total. The van der Waals surface area contributed by atoms with Crippen LogP contribution in [-0.2, 0) is 19.2 Å². The van der Waals surface area contributed by atoms with Crippen molar-refractivity contribution in [3.05, 3.63) is 97.4 Å². The molecule has 4 amide bonds. The second kappa shape index (κ2) is 10.3. The first-order chi connectivity index (χ1) is 20.2. The van der Waals surface area contributed by atoms with Gasteiger partial charge in [-0.05, 0) is 85.5 Å². The molecule has 6 unspecified atom stereocenters. The van der Waals surface area contributed by atoms with E-state index in [-0.39, 0.29) is 35.8 Å². The van der Waals surface area contributed by atoms with Crippen molar-refractivity contribution in [1.82, 2.24) is 0 Å². The average Bonchev–Trinajstić information content (AvgIpc) is 3.38. The van der Waals surface area contributed by atoms with Crippen LogP contribution in [0.15, 0.2) is 91.8 Å². The number of imide groups is 2. The van der Waals surface area contributed by atoms with Crippen LogP contribution < -0.4 is 9.80 Å². The van der Waals surface area contributed by atoms with Crippen molar-refractivity contribution in [2.45, 2.75) is 18.8 Å². The van der Waals surface area contributed by atoms with Crippen molar-refractivity contribution in [1.29, 1.82) is 0 Å². The molecule has 7 rings (SSSR count). The monoisotopic (exact) mass is 752 g/mol. The Morgan fingerprint density at radius 2 is 1.14 bits per heavy atom. The average molecular weight is 755 g/mol. The van der Waals surface area contributed by atoms with E-state index in [1.807, 2.05) is 6.08 Å². The minimum Gasteiger partial charge on any atom is -0.508 e. The van der Waals surface area contributed by atoms with Crippen molar-refractivity contribution in [3.63, 3.8) is 0 Å². The van der Waals surface area contributed by atoms with Gasteiger partial charge in [0.15, 0.2) is 0 Å². The first kappa shape index (κ1) is 27.7. The number of rotatable bonds is 3. The van der Waals surface area contributed by atoms with E-state index < -0.39 is 35.5 Å². The second-order valence-corrected chi connectivity index (χ2v) is 14.0. The molecule has 4 aliphatic rings. The molecule has 2 saturated heterocycles. The van der Waals surface area contributed by atoms with Crippen LogP contribution in [-0.4, -0.2) is 28.7 Å². The Morgan fingerprint density at radius 3 is 1.74 bits per heavy atom. The van der Waals surface area contributed by atoms with E-state index in [2.05, 4.69) is 47.8 Å². The minimum absolute atomic E-state index is 0.0123. The second-order valence-electron chi connectivity index (χ2n) is 11.2. The maximum Gasteiger partial charge on any atom is 0.238 e. The molecule has 0 aromatic heterocycles. The Hall–Kier alpha value is -3.08. The number of anilines is 2. The van der Waals surface area contributed by atoms with Crippen LogP contribution in [0.5, 0.6) is 5.75 Å². The summed E-state index contributed by atoms with van der Waals surface area (Å²) >= 11 is 10.3. The van der Waals surface area contributed by atoms with Gasteiger partial charge in [-0.25, -0.2) is 0 Å². The molecule has 2 heterocycles. The summed E-state index contributed by atoms with van der Waals surface area (Å²) in [5, 5.41) is 11.1. The van der Waals surface area contributed by atoms with E-state index in [4.69, 9.17) is 0 Å². The third-order valence-electron chi connectivity index (χ3n) is 9.14. The summed E-state index contributed by atoms with van der Waals surface area (Å²) in [6, 6.07) is 19.1. The van der Waals surface area contributed by atoms with Crippen LogP contribution in [0, 0.1) is 29.6 Å². The van der Waals surface area contributed by atoms with E-state index in [0.717, 1.165) is 19.0 Å². The molecular formula is C32H23Br3N2O5. The highest BCUT2D eigenvalue weighted by molar-refractivity contribution is 9.11. The van der Waals surface area contributed by atoms with Crippen LogP contribution in [0.1, 0.15) is 24.3 Å². The van der Waals surface area contributed by atoms with Gasteiger partial charge in [-0.1, -0.05) is 59.4 Å². The van der Waals surface area contributed by atoms with Crippen LogP contribution in [0.2, 0.25) is 0 Å². The number of fused-ring (bicyclic) bond motifs is 4. The Morgan fingerprint density at radius 1 is 0.619 bits per heavy atom. The van der Waals surface area contributed by atoms with Gasteiger partial charge in [0.2, 0.25) is 23.6 Å². The molecule has 6 atom stereocenters. The fraction of sp³-hybridized carbons (Fsp3) is 0.250. The van der Waals surface area contributed by atoms with Gasteiger partial charge in [-0.15, -0.1) is 0 Å². The van der Waals surface area contributed by atoms with Gasteiger partial charge in [0.05, 0.1) is 35.0 Å². The molecule has 3 fully saturated rings. The number of hydrogen-bond acceptors (Lipinski definition) is 5. The molecular weight excluding hydrogens is 732 g/mol. The normalized spacial score (nSPS) is 28.5. The zero-order valence-corrected chi connectivity index (χ0v) is 26.7. The fourth-order valence-corrected chi connectivity index (χ4v) is 8.31. The minimum atomic E-state index is -0.754. The Bertz CT molecular complexity index is 1700. The van der Waals surface area contributed by atoms with Crippen molar-refractivity contribution in [2.24, 2.45) is 29.6 Å². The molecule has 1 N–H and O–H groups in total. The largest absolute Gasteiger partial charge is 0.508 e. The molecule has 0 bridgehead atoms. The van der Waals surface area contributed by atoms with E-state index >= 15 is 0 Å². The van der Waals surface area contributed by atoms with Crippen molar-refractivity contribution < 1.29 is 24.3 Å². The number of amides is 4. The van der Waals surface area contributed by atoms with Crippen molar-refractivity contribution in [3.8, 4) is 5.75 Å². The smallest absolute Gasteiger partial charge is 0.238 e. The quantitative estimate of drug-likeness (QED) is 0.237. The summed E-state index contributed by atoms with van der Waals surface area (Å²) in [7, 11) is 0. The number of halogens is 3. The van der Waals surface area contributed by atoms with E-state index in [0.29, 0.717) is 23.4 Å². The summed E-state index contributed by atoms with van der Waals surface area (Å²) in [4.78, 5) is 58.4. The molecule has 0 radical (unpaired) electrons. The predicted molar refractivity (Wildman–Crippen MR) is 167 cm³/mol. The highest BCUT2D eigenvalue weighted by Crippen LogP contribution is 2.59. The molecule has 42 heavy (non-hydrogen) atoms. The first-order valence-corrected chi connectivity index (χ1v) is 16.0. The van der Waals surface area contributed by atoms with Crippen LogP contribution in [0.4, 0.5) is 11.4 Å². The molecule has 212 valence electrons. The zero-order valence-electron chi connectivity index (χ0n) is 21.9. The van der Waals surface area contributed by atoms with E-state index in [1.165, 1.54) is 9.80 Å². The molecule has 3 aromatic rings. The van der Waals surface area contributed by atoms with Crippen LogP contribution in [0.3, 0.4) is 0 Å². The van der Waals surface area contributed by atoms with Gasteiger partial charge in [-0.2, -0.15) is 0 Å². The number of aromatic hydroxyl groups is 1. The molecule has 1 saturated carbocycles. The number of nitrogens with zero attached hydrogens (tertiary/aromatic N) is 2. The van der Waals surface area contributed by atoms with Crippen molar-refractivity contribution in [2.75, 3.05) is 9.80 Å². The van der Waals surface area contributed by atoms with Crippen LogP contribution in [0.25, 0.3) is 0 Å². The van der Waals surface area contributed by atoms with E-state index in [9.17, 15) is 24.3 Å². The van der Waals surface area contributed by atoms with Gasteiger partial charge < -0.3 is 5.11 Å². The third-order valence-corrected chi connectivity index (χ3v) is 10.7. The van der Waals surface area contributed by atoms with Gasteiger partial charge in [0, 0.05) is 24.9 Å². The lowest BCUT2D eigenvalue weighted by molar-refractivity contribution is -0.126. The summed E-state index contributed by atoms with van der Waals surface area (Å²) in [6.07, 6.45) is 2.59. The summed E-state index contributed by atoms with van der Waals surface area (Å²) in [5.41, 5.74) is 2.34. The maximum atomic E-state index is 14.1. The lowest BCUT2D eigenvalue weighted by atomic mass is 9.57. The zero-order chi connectivity index (χ0) is 29.4.